The third-order valence-electron chi connectivity index (χ3n) is 3.37. The highest BCUT2D eigenvalue weighted by atomic mass is 16.3. The lowest BCUT2D eigenvalue weighted by atomic mass is 9.73. The van der Waals surface area contributed by atoms with Crippen molar-refractivity contribution in [3.63, 3.8) is 0 Å². The molecule has 0 aromatic carbocycles. The summed E-state index contributed by atoms with van der Waals surface area (Å²) in [6, 6.07) is 0. The molecule has 1 aliphatic rings. The van der Waals surface area contributed by atoms with E-state index >= 15 is 0 Å². The van der Waals surface area contributed by atoms with E-state index in [4.69, 9.17) is 0 Å². The van der Waals surface area contributed by atoms with E-state index in [9.17, 15) is 9.90 Å². The molecule has 1 N–H and O–H groups in total. The van der Waals surface area contributed by atoms with Crippen LogP contribution < -0.4 is 0 Å². The molecular weight excluding hydrogens is 164 g/mol. The Morgan fingerprint density at radius 2 is 2.00 bits per heavy atom. The van der Waals surface area contributed by atoms with Gasteiger partial charge in [-0.1, -0.05) is 13.8 Å². The van der Waals surface area contributed by atoms with Crippen LogP contribution in [0, 0.1) is 11.8 Å². The van der Waals surface area contributed by atoms with Crippen LogP contribution in [-0.2, 0) is 4.79 Å². The molecule has 0 radical (unpaired) electrons. The number of rotatable bonds is 3. The van der Waals surface area contributed by atoms with Gasteiger partial charge < -0.3 is 9.90 Å². The minimum atomic E-state index is -0.673. The van der Waals surface area contributed by atoms with Crippen molar-refractivity contribution in [1.82, 2.24) is 0 Å². The first kappa shape index (κ1) is 10.7. The van der Waals surface area contributed by atoms with Crippen LogP contribution in [-0.4, -0.2) is 17.0 Å². The van der Waals surface area contributed by atoms with Gasteiger partial charge in [-0.25, -0.2) is 0 Å². The van der Waals surface area contributed by atoms with Gasteiger partial charge in [0.2, 0.25) is 0 Å². The quantitative estimate of drug-likeness (QED) is 0.682. The van der Waals surface area contributed by atoms with Gasteiger partial charge in [0, 0.05) is 6.42 Å². The van der Waals surface area contributed by atoms with Crippen molar-refractivity contribution in [3.05, 3.63) is 0 Å². The van der Waals surface area contributed by atoms with Crippen molar-refractivity contribution in [2.45, 2.75) is 51.6 Å². The highest BCUT2D eigenvalue weighted by molar-refractivity contribution is 5.51. The second kappa shape index (κ2) is 4.23. The Bertz CT molecular complexity index is 167. The summed E-state index contributed by atoms with van der Waals surface area (Å²) in [5.74, 6) is 1.45. The predicted molar refractivity (Wildman–Crippen MR) is 52.4 cm³/mol. The molecule has 2 heteroatoms. The maximum atomic E-state index is 10.3. The van der Waals surface area contributed by atoms with Crippen molar-refractivity contribution in [2.75, 3.05) is 0 Å². The molecule has 0 heterocycles. The number of hydrogen-bond acceptors (Lipinski definition) is 2. The van der Waals surface area contributed by atoms with Gasteiger partial charge in [-0.05, 0) is 37.5 Å². The number of aldehydes is 1. The van der Waals surface area contributed by atoms with Crippen LogP contribution in [0.4, 0.5) is 0 Å². The lowest BCUT2D eigenvalue weighted by Crippen LogP contribution is -2.35. The summed E-state index contributed by atoms with van der Waals surface area (Å²) in [6.45, 7) is 4.46. The fourth-order valence-electron chi connectivity index (χ4n) is 2.20. The molecule has 2 nitrogen and oxygen atoms in total. The first-order valence-corrected chi connectivity index (χ1v) is 5.23. The summed E-state index contributed by atoms with van der Waals surface area (Å²) in [5.41, 5.74) is -0.673. The highest BCUT2D eigenvalue weighted by Crippen LogP contribution is 2.36. The summed E-state index contributed by atoms with van der Waals surface area (Å²) in [5, 5.41) is 9.94. The maximum absolute atomic E-state index is 10.3. The highest BCUT2D eigenvalue weighted by Gasteiger charge is 2.33. The summed E-state index contributed by atoms with van der Waals surface area (Å²) in [7, 11) is 0. The molecule has 0 spiro atoms. The minimum Gasteiger partial charge on any atom is -0.389 e. The van der Waals surface area contributed by atoms with Crippen molar-refractivity contribution in [3.8, 4) is 0 Å². The Labute approximate surface area is 80.3 Å². The Hall–Kier alpha value is -0.370. The Morgan fingerprint density at radius 1 is 1.46 bits per heavy atom. The molecule has 0 aromatic heterocycles. The van der Waals surface area contributed by atoms with Gasteiger partial charge >= 0.3 is 0 Å². The van der Waals surface area contributed by atoms with Crippen LogP contribution in [0.3, 0.4) is 0 Å². The van der Waals surface area contributed by atoms with E-state index in [1.54, 1.807) is 0 Å². The third kappa shape index (κ3) is 2.80. The first-order chi connectivity index (χ1) is 6.07. The lowest BCUT2D eigenvalue weighted by molar-refractivity contribution is -0.114. The monoisotopic (exact) mass is 184 g/mol. The van der Waals surface area contributed by atoms with E-state index in [2.05, 4.69) is 13.8 Å². The van der Waals surface area contributed by atoms with Gasteiger partial charge in [-0.3, -0.25) is 0 Å². The standard InChI is InChI=1S/C11H20O2/c1-9(2)10-3-5-11(13,6-4-10)7-8-12/h8-10,13H,3-7H2,1-2H3. The van der Waals surface area contributed by atoms with Crippen LogP contribution in [0.5, 0.6) is 0 Å². The predicted octanol–water partition coefficient (Wildman–Crippen LogP) is 2.15. The third-order valence-corrected chi connectivity index (χ3v) is 3.37. The fraction of sp³-hybridized carbons (Fsp3) is 0.909. The average molecular weight is 184 g/mol. The van der Waals surface area contributed by atoms with E-state index in [1.807, 2.05) is 0 Å². The molecule has 0 saturated heterocycles. The van der Waals surface area contributed by atoms with E-state index < -0.39 is 5.60 Å². The van der Waals surface area contributed by atoms with Crippen LogP contribution in [0.25, 0.3) is 0 Å². The van der Waals surface area contributed by atoms with Crippen molar-refractivity contribution in [1.29, 1.82) is 0 Å². The van der Waals surface area contributed by atoms with E-state index in [1.165, 1.54) is 0 Å². The topological polar surface area (TPSA) is 37.3 Å². The molecule has 1 rings (SSSR count). The van der Waals surface area contributed by atoms with Gasteiger partial charge in [0.05, 0.1) is 5.60 Å². The van der Waals surface area contributed by atoms with Gasteiger partial charge in [0.15, 0.2) is 0 Å². The summed E-state index contributed by atoms with van der Waals surface area (Å²) >= 11 is 0. The summed E-state index contributed by atoms with van der Waals surface area (Å²) in [6.07, 6.45) is 4.90. The van der Waals surface area contributed by atoms with Gasteiger partial charge in [-0.15, -0.1) is 0 Å². The van der Waals surface area contributed by atoms with Crippen LogP contribution in [0.15, 0.2) is 0 Å². The largest absolute Gasteiger partial charge is 0.389 e. The molecule has 0 aliphatic heterocycles. The smallest absolute Gasteiger partial charge is 0.122 e. The van der Waals surface area contributed by atoms with Crippen molar-refractivity contribution >= 4 is 6.29 Å². The molecule has 76 valence electrons. The molecule has 0 amide bonds. The Balaban J connectivity index is 2.41. The zero-order valence-electron chi connectivity index (χ0n) is 8.62. The average Bonchev–Trinajstić information content (AvgIpc) is 2.05. The molecule has 0 aromatic rings. The zero-order valence-corrected chi connectivity index (χ0v) is 8.62. The molecular formula is C11H20O2. The lowest BCUT2D eigenvalue weighted by Gasteiger charge is -2.36. The molecule has 0 bridgehead atoms. The number of hydrogen-bond donors (Lipinski definition) is 1. The normalized spacial score (nSPS) is 34.9. The van der Waals surface area contributed by atoms with Gasteiger partial charge in [0.25, 0.3) is 0 Å². The molecule has 1 fully saturated rings. The van der Waals surface area contributed by atoms with Crippen LogP contribution in [0.1, 0.15) is 46.0 Å². The zero-order chi connectivity index (χ0) is 9.90. The van der Waals surface area contributed by atoms with Crippen LogP contribution in [0.2, 0.25) is 0 Å². The molecule has 1 aliphatic carbocycles. The van der Waals surface area contributed by atoms with E-state index in [0.29, 0.717) is 12.3 Å². The summed E-state index contributed by atoms with van der Waals surface area (Å²) < 4.78 is 0. The number of carbonyl (C=O) groups excluding carboxylic acids is 1. The molecule has 0 atom stereocenters. The van der Waals surface area contributed by atoms with Crippen molar-refractivity contribution < 1.29 is 9.90 Å². The second-order valence-electron chi connectivity index (χ2n) is 4.68. The summed E-state index contributed by atoms with van der Waals surface area (Å²) in [4.78, 5) is 10.3. The molecule has 1 saturated carbocycles. The van der Waals surface area contributed by atoms with Crippen LogP contribution >= 0.6 is 0 Å². The molecule has 0 unspecified atom stereocenters. The first-order valence-electron chi connectivity index (χ1n) is 5.23. The van der Waals surface area contributed by atoms with Gasteiger partial charge in [-0.2, -0.15) is 0 Å². The van der Waals surface area contributed by atoms with Gasteiger partial charge in [0.1, 0.15) is 6.29 Å². The Kier molecular flexibility index (Phi) is 3.48. The van der Waals surface area contributed by atoms with E-state index in [0.717, 1.165) is 37.9 Å². The number of carbonyl (C=O) groups is 1. The van der Waals surface area contributed by atoms with E-state index in [-0.39, 0.29) is 0 Å². The minimum absolute atomic E-state index is 0.317. The van der Waals surface area contributed by atoms with Crippen molar-refractivity contribution in [2.24, 2.45) is 11.8 Å². The maximum Gasteiger partial charge on any atom is 0.122 e. The fourth-order valence-corrected chi connectivity index (χ4v) is 2.20. The second-order valence-corrected chi connectivity index (χ2v) is 4.68. The Morgan fingerprint density at radius 3 is 2.38 bits per heavy atom. The molecule has 13 heavy (non-hydrogen) atoms. The number of aliphatic hydroxyl groups is 1. The SMILES string of the molecule is CC(C)C1CCC(O)(CC=O)CC1.